The van der Waals surface area contributed by atoms with Crippen LogP contribution in [0.2, 0.25) is 0 Å². The summed E-state index contributed by atoms with van der Waals surface area (Å²) in [6.07, 6.45) is 1.12. The molecule has 3 N–H and O–H groups in total. The minimum absolute atomic E-state index is 0.145. The van der Waals surface area contributed by atoms with E-state index in [-0.39, 0.29) is 24.3 Å². The molecule has 1 atom stereocenters. The molecule has 1 unspecified atom stereocenters. The van der Waals surface area contributed by atoms with E-state index < -0.39 is 0 Å². The Morgan fingerprint density at radius 1 is 1.08 bits per heavy atom. The van der Waals surface area contributed by atoms with Crippen LogP contribution in [0, 0.1) is 0 Å². The van der Waals surface area contributed by atoms with Crippen molar-refractivity contribution in [3.05, 3.63) is 60.2 Å². The number of amides is 1. The molecule has 0 saturated heterocycles. The van der Waals surface area contributed by atoms with Gasteiger partial charge in [0.25, 0.3) is 0 Å². The highest BCUT2D eigenvalue weighted by molar-refractivity contribution is 5.91. The lowest BCUT2D eigenvalue weighted by atomic mass is 10.0. The van der Waals surface area contributed by atoms with Crippen molar-refractivity contribution in [1.82, 2.24) is 0 Å². The van der Waals surface area contributed by atoms with Gasteiger partial charge in [-0.1, -0.05) is 30.3 Å². The fourth-order valence-electron chi connectivity index (χ4n) is 2.37. The molecule has 0 aliphatic heterocycles. The van der Waals surface area contributed by atoms with Crippen LogP contribution in [0.3, 0.4) is 0 Å². The summed E-state index contributed by atoms with van der Waals surface area (Å²) in [5, 5.41) is 2.82. The standard InChI is InChI=1S/C20H24N2O4/c1-25-20(24)8-5-13-26-17-11-9-16(10-12-17)22-19(23)14-18(21)15-6-3-2-4-7-15/h2-4,6-7,9-12,18H,5,8,13-14,21H2,1H3,(H,22,23). The van der Waals surface area contributed by atoms with Gasteiger partial charge in [-0.15, -0.1) is 0 Å². The van der Waals surface area contributed by atoms with Crippen molar-refractivity contribution in [1.29, 1.82) is 0 Å². The van der Waals surface area contributed by atoms with Crippen LogP contribution in [-0.4, -0.2) is 25.6 Å². The van der Waals surface area contributed by atoms with Crippen molar-refractivity contribution in [2.75, 3.05) is 19.0 Å². The average molecular weight is 356 g/mol. The van der Waals surface area contributed by atoms with Gasteiger partial charge in [0.05, 0.1) is 13.7 Å². The minimum Gasteiger partial charge on any atom is -0.494 e. The molecule has 0 heterocycles. The van der Waals surface area contributed by atoms with Gasteiger partial charge in [0.1, 0.15) is 5.75 Å². The van der Waals surface area contributed by atoms with E-state index in [1.807, 2.05) is 30.3 Å². The first kappa shape index (κ1) is 19.5. The van der Waals surface area contributed by atoms with Crippen molar-refractivity contribution in [3.63, 3.8) is 0 Å². The number of benzene rings is 2. The number of carbonyl (C=O) groups is 2. The van der Waals surface area contributed by atoms with Gasteiger partial charge >= 0.3 is 5.97 Å². The first-order valence-corrected chi connectivity index (χ1v) is 8.48. The minimum atomic E-state index is -0.339. The molecule has 2 aromatic rings. The molecule has 138 valence electrons. The van der Waals surface area contributed by atoms with E-state index in [1.165, 1.54) is 7.11 Å². The highest BCUT2D eigenvalue weighted by Crippen LogP contribution is 2.18. The molecular formula is C20H24N2O4. The predicted octanol–water partition coefficient (Wildman–Crippen LogP) is 3.05. The van der Waals surface area contributed by atoms with E-state index in [9.17, 15) is 9.59 Å². The third-order valence-electron chi connectivity index (χ3n) is 3.79. The summed E-state index contributed by atoms with van der Waals surface area (Å²) in [4.78, 5) is 23.1. The molecule has 6 nitrogen and oxygen atoms in total. The molecular weight excluding hydrogens is 332 g/mol. The fourth-order valence-corrected chi connectivity index (χ4v) is 2.37. The summed E-state index contributed by atoms with van der Waals surface area (Å²) in [5.41, 5.74) is 7.67. The molecule has 2 rings (SSSR count). The third-order valence-corrected chi connectivity index (χ3v) is 3.79. The van der Waals surface area contributed by atoms with Gasteiger partial charge < -0.3 is 20.5 Å². The van der Waals surface area contributed by atoms with Crippen LogP contribution in [0.1, 0.15) is 30.9 Å². The van der Waals surface area contributed by atoms with Crippen LogP contribution in [0.25, 0.3) is 0 Å². The molecule has 0 aliphatic carbocycles. The average Bonchev–Trinajstić information content (AvgIpc) is 2.66. The normalized spacial score (nSPS) is 11.5. The molecule has 6 heteroatoms. The number of hydrogen-bond acceptors (Lipinski definition) is 5. The summed E-state index contributed by atoms with van der Waals surface area (Å²) in [7, 11) is 1.36. The Bertz CT molecular complexity index is 702. The van der Waals surface area contributed by atoms with Gasteiger partial charge in [-0.3, -0.25) is 9.59 Å². The summed E-state index contributed by atoms with van der Waals surface area (Å²) >= 11 is 0. The zero-order valence-electron chi connectivity index (χ0n) is 14.8. The van der Waals surface area contributed by atoms with Gasteiger partial charge in [-0.25, -0.2) is 0 Å². The Labute approximate surface area is 153 Å². The monoisotopic (exact) mass is 356 g/mol. The molecule has 0 spiro atoms. The number of rotatable bonds is 9. The highest BCUT2D eigenvalue weighted by atomic mass is 16.5. The molecule has 0 saturated carbocycles. The van der Waals surface area contributed by atoms with Gasteiger partial charge in [0, 0.05) is 24.6 Å². The molecule has 2 aromatic carbocycles. The van der Waals surface area contributed by atoms with E-state index in [1.54, 1.807) is 24.3 Å². The zero-order chi connectivity index (χ0) is 18.8. The number of ether oxygens (including phenoxy) is 2. The van der Waals surface area contributed by atoms with Gasteiger partial charge in [0.15, 0.2) is 0 Å². The van der Waals surface area contributed by atoms with Crippen LogP contribution < -0.4 is 15.8 Å². The summed E-state index contributed by atoms with van der Waals surface area (Å²) < 4.78 is 10.1. The van der Waals surface area contributed by atoms with Crippen molar-refractivity contribution in [3.8, 4) is 5.75 Å². The second kappa shape index (κ2) is 10.2. The Morgan fingerprint density at radius 3 is 2.42 bits per heavy atom. The number of hydrogen-bond donors (Lipinski definition) is 2. The van der Waals surface area contributed by atoms with Crippen LogP contribution >= 0.6 is 0 Å². The number of nitrogens with one attached hydrogen (secondary N) is 1. The van der Waals surface area contributed by atoms with E-state index in [0.29, 0.717) is 30.9 Å². The van der Waals surface area contributed by atoms with Crippen LogP contribution in [-0.2, 0) is 14.3 Å². The molecule has 26 heavy (non-hydrogen) atoms. The number of methoxy groups -OCH3 is 1. The van der Waals surface area contributed by atoms with Crippen molar-refractivity contribution in [2.24, 2.45) is 5.73 Å². The Balaban J connectivity index is 1.75. The smallest absolute Gasteiger partial charge is 0.305 e. The summed E-state index contributed by atoms with van der Waals surface area (Å²) in [6.45, 7) is 0.423. The zero-order valence-corrected chi connectivity index (χ0v) is 14.8. The topological polar surface area (TPSA) is 90.6 Å². The number of esters is 1. The second-order valence-electron chi connectivity index (χ2n) is 5.82. The lowest BCUT2D eigenvalue weighted by molar-refractivity contribution is -0.140. The van der Waals surface area contributed by atoms with Crippen LogP contribution in [0.4, 0.5) is 5.69 Å². The second-order valence-corrected chi connectivity index (χ2v) is 5.82. The number of carbonyl (C=O) groups excluding carboxylic acids is 2. The Morgan fingerprint density at radius 2 is 1.77 bits per heavy atom. The SMILES string of the molecule is COC(=O)CCCOc1ccc(NC(=O)CC(N)c2ccccc2)cc1. The summed E-state index contributed by atoms with van der Waals surface area (Å²) in [6, 6.07) is 16.3. The largest absolute Gasteiger partial charge is 0.494 e. The maximum absolute atomic E-state index is 12.1. The van der Waals surface area contributed by atoms with Gasteiger partial charge in [-0.2, -0.15) is 0 Å². The maximum atomic E-state index is 12.1. The Kier molecular flexibility index (Phi) is 7.64. The van der Waals surface area contributed by atoms with E-state index in [0.717, 1.165) is 5.56 Å². The highest BCUT2D eigenvalue weighted by Gasteiger charge is 2.11. The molecule has 0 fully saturated rings. The lowest BCUT2D eigenvalue weighted by Crippen LogP contribution is -2.20. The number of nitrogens with two attached hydrogens (primary N) is 1. The Hall–Kier alpha value is -2.86. The van der Waals surface area contributed by atoms with Crippen molar-refractivity contribution in [2.45, 2.75) is 25.3 Å². The molecule has 1 amide bonds. The van der Waals surface area contributed by atoms with Gasteiger partial charge in [0.2, 0.25) is 5.91 Å². The van der Waals surface area contributed by atoms with E-state index in [2.05, 4.69) is 10.1 Å². The third kappa shape index (κ3) is 6.57. The molecule has 0 aromatic heterocycles. The van der Waals surface area contributed by atoms with Crippen molar-refractivity contribution >= 4 is 17.6 Å². The molecule has 0 bridgehead atoms. The predicted molar refractivity (Wildman–Crippen MR) is 99.8 cm³/mol. The lowest BCUT2D eigenvalue weighted by Gasteiger charge is -2.12. The fraction of sp³-hybridized carbons (Fsp3) is 0.300. The van der Waals surface area contributed by atoms with E-state index >= 15 is 0 Å². The van der Waals surface area contributed by atoms with Crippen LogP contribution in [0.5, 0.6) is 5.75 Å². The number of anilines is 1. The van der Waals surface area contributed by atoms with E-state index in [4.69, 9.17) is 10.5 Å². The quantitative estimate of drug-likeness (QED) is 0.532. The van der Waals surface area contributed by atoms with Crippen LogP contribution in [0.15, 0.2) is 54.6 Å². The maximum Gasteiger partial charge on any atom is 0.305 e. The first-order valence-electron chi connectivity index (χ1n) is 8.48. The summed E-state index contributed by atoms with van der Waals surface area (Å²) in [5.74, 6) is 0.280. The molecule has 0 aliphatic rings. The van der Waals surface area contributed by atoms with Gasteiger partial charge in [-0.05, 0) is 36.2 Å². The van der Waals surface area contributed by atoms with Crippen molar-refractivity contribution < 1.29 is 19.1 Å². The first-order chi connectivity index (χ1) is 12.6. The molecule has 0 radical (unpaired) electrons.